The maximum atomic E-state index is 12.8. The molecule has 136 valence electrons. The molecule has 5 nitrogen and oxygen atoms in total. The summed E-state index contributed by atoms with van der Waals surface area (Å²) in [5.41, 5.74) is 1.06. The lowest BCUT2D eigenvalue weighted by molar-refractivity contribution is -0.121. The van der Waals surface area contributed by atoms with Crippen LogP contribution in [-0.2, 0) is 11.2 Å². The second kappa shape index (κ2) is 13.0. The molecule has 0 radical (unpaired) electrons. The summed E-state index contributed by atoms with van der Waals surface area (Å²) in [6, 6.07) is 6.66. The highest BCUT2D eigenvalue weighted by Crippen LogP contribution is 2.02. The lowest BCUT2D eigenvalue weighted by atomic mass is 10.1. The zero-order valence-electron chi connectivity index (χ0n) is 14.6. The minimum atomic E-state index is -0.227. The van der Waals surface area contributed by atoms with Gasteiger partial charge in [0.2, 0.25) is 5.91 Å². The first kappa shape index (κ1) is 22.6. The van der Waals surface area contributed by atoms with Crippen molar-refractivity contribution < 1.29 is 9.18 Å². The molecule has 1 amide bonds. The molecule has 0 aliphatic carbocycles. The zero-order chi connectivity index (χ0) is 17.1. The quantitative estimate of drug-likeness (QED) is 0.324. The molecule has 24 heavy (non-hydrogen) atoms. The largest absolute Gasteiger partial charge is 0.356 e. The molecule has 3 N–H and O–H groups in total. The Labute approximate surface area is 160 Å². The van der Waals surface area contributed by atoms with Crippen LogP contribution in [0.25, 0.3) is 0 Å². The topological polar surface area (TPSA) is 65.5 Å². The Morgan fingerprint density at radius 1 is 1.21 bits per heavy atom. The Kier molecular flexibility index (Phi) is 12.2. The number of guanidine groups is 1. The second-order valence-corrected chi connectivity index (χ2v) is 5.43. The molecule has 0 aliphatic rings. The molecular weight excluding hydrogens is 422 g/mol. The Bertz CT molecular complexity index is 508. The summed E-state index contributed by atoms with van der Waals surface area (Å²) in [7, 11) is 1.69. The molecular formula is C17H28FIN4O. The molecule has 0 fully saturated rings. The summed E-state index contributed by atoms with van der Waals surface area (Å²) in [5.74, 6) is 0.465. The van der Waals surface area contributed by atoms with E-state index >= 15 is 0 Å². The standard InChI is InChI=1S/C17H27FN4O.HI/c1-4-13(2)22-16(23)10-12-21-17(19-3)20-11-9-14-5-7-15(18)8-6-14;/h5-8,13H,4,9-12H2,1-3H3,(H,22,23)(H2,19,20,21);1H. The molecule has 0 saturated carbocycles. The summed E-state index contributed by atoms with van der Waals surface area (Å²) >= 11 is 0. The molecule has 0 aromatic heterocycles. The Balaban J connectivity index is 0.00000529. The van der Waals surface area contributed by atoms with E-state index in [1.807, 2.05) is 13.8 Å². The lowest BCUT2D eigenvalue weighted by Crippen LogP contribution is -2.41. The van der Waals surface area contributed by atoms with Crippen LogP contribution in [0, 0.1) is 5.82 Å². The molecule has 7 heteroatoms. The van der Waals surface area contributed by atoms with Crippen LogP contribution in [0.3, 0.4) is 0 Å². The Morgan fingerprint density at radius 3 is 2.42 bits per heavy atom. The Hall–Kier alpha value is -1.38. The van der Waals surface area contributed by atoms with E-state index in [0.717, 1.165) is 18.4 Å². The van der Waals surface area contributed by atoms with Crippen LogP contribution in [0.5, 0.6) is 0 Å². The summed E-state index contributed by atoms with van der Waals surface area (Å²) in [6.45, 7) is 5.24. The predicted molar refractivity (Wildman–Crippen MR) is 107 cm³/mol. The first-order valence-electron chi connectivity index (χ1n) is 8.03. The number of nitrogens with one attached hydrogen (secondary N) is 3. The fourth-order valence-corrected chi connectivity index (χ4v) is 1.94. The van der Waals surface area contributed by atoms with Gasteiger partial charge in [-0.3, -0.25) is 9.79 Å². The summed E-state index contributed by atoms with van der Waals surface area (Å²) in [5, 5.41) is 9.20. The number of amides is 1. The molecule has 1 atom stereocenters. The van der Waals surface area contributed by atoms with Gasteiger partial charge in [-0.25, -0.2) is 4.39 Å². The number of halogens is 2. The molecule has 1 aromatic rings. The highest BCUT2D eigenvalue weighted by atomic mass is 127. The molecule has 1 aromatic carbocycles. The smallest absolute Gasteiger partial charge is 0.221 e. The van der Waals surface area contributed by atoms with Crippen molar-refractivity contribution in [2.24, 2.45) is 4.99 Å². The minimum Gasteiger partial charge on any atom is -0.356 e. The number of aliphatic imine (C=N–C) groups is 1. The number of rotatable bonds is 8. The number of benzene rings is 1. The SMILES string of the molecule is CCC(C)NC(=O)CCNC(=NC)NCCc1ccc(F)cc1.I. The third kappa shape index (κ3) is 9.69. The number of hydrogen-bond acceptors (Lipinski definition) is 2. The van der Waals surface area contributed by atoms with Gasteiger partial charge < -0.3 is 16.0 Å². The third-order valence-corrected chi connectivity index (χ3v) is 3.51. The highest BCUT2D eigenvalue weighted by Gasteiger charge is 2.05. The molecule has 0 bridgehead atoms. The van der Waals surface area contributed by atoms with E-state index < -0.39 is 0 Å². The van der Waals surface area contributed by atoms with E-state index in [1.165, 1.54) is 12.1 Å². The van der Waals surface area contributed by atoms with Crippen molar-refractivity contribution in [2.45, 2.75) is 39.2 Å². The number of nitrogens with zero attached hydrogens (tertiary/aromatic N) is 1. The van der Waals surface area contributed by atoms with Crippen LogP contribution in [0.4, 0.5) is 4.39 Å². The van der Waals surface area contributed by atoms with Crippen LogP contribution in [-0.4, -0.2) is 38.0 Å². The molecule has 1 unspecified atom stereocenters. The lowest BCUT2D eigenvalue weighted by Gasteiger charge is -2.13. The van der Waals surface area contributed by atoms with Gasteiger partial charge in [0.05, 0.1) is 0 Å². The van der Waals surface area contributed by atoms with Gasteiger partial charge in [0.25, 0.3) is 0 Å². The van der Waals surface area contributed by atoms with E-state index in [1.54, 1.807) is 19.2 Å². The van der Waals surface area contributed by atoms with E-state index in [9.17, 15) is 9.18 Å². The van der Waals surface area contributed by atoms with E-state index in [-0.39, 0.29) is 41.7 Å². The van der Waals surface area contributed by atoms with E-state index in [0.29, 0.717) is 25.5 Å². The first-order chi connectivity index (χ1) is 11.0. The van der Waals surface area contributed by atoms with Crippen LogP contribution < -0.4 is 16.0 Å². The normalized spacial score (nSPS) is 12.1. The molecule has 0 saturated heterocycles. The van der Waals surface area contributed by atoms with Crippen molar-refractivity contribution >= 4 is 35.8 Å². The second-order valence-electron chi connectivity index (χ2n) is 5.43. The Morgan fingerprint density at radius 2 is 1.83 bits per heavy atom. The predicted octanol–water partition coefficient (Wildman–Crippen LogP) is 2.46. The van der Waals surface area contributed by atoms with Gasteiger partial charge in [0.1, 0.15) is 5.82 Å². The number of hydrogen-bond donors (Lipinski definition) is 3. The van der Waals surface area contributed by atoms with Gasteiger partial charge in [-0.05, 0) is 37.5 Å². The zero-order valence-corrected chi connectivity index (χ0v) is 16.9. The van der Waals surface area contributed by atoms with Gasteiger partial charge in [0.15, 0.2) is 5.96 Å². The van der Waals surface area contributed by atoms with Gasteiger partial charge in [0, 0.05) is 32.6 Å². The monoisotopic (exact) mass is 450 g/mol. The van der Waals surface area contributed by atoms with E-state index in [4.69, 9.17) is 0 Å². The highest BCUT2D eigenvalue weighted by molar-refractivity contribution is 14.0. The molecule has 1 rings (SSSR count). The van der Waals surface area contributed by atoms with Gasteiger partial charge >= 0.3 is 0 Å². The maximum absolute atomic E-state index is 12.8. The number of carbonyl (C=O) groups is 1. The summed E-state index contributed by atoms with van der Waals surface area (Å²) in [6.07, 6.45) is 2.10. The molecule has 0 aliphatic heterocycles. The molecule has 0 spiro atoms. The summed E-state index contributed by atoms with van der Waals surface area (Å²) < 4.78 is 12.8. The average Bonchev–Trinajstić information content (AvgIpc) is 2.55. The van der Waals surface area contributed by atoms with Gasteiger partial charge in [-0.1, -0.05) is 19.1 Å². The molecule has 0 heterocycles. The number of carbonyl (C=O) groups excluding carboxylic acids is 1. The minimum absolute atomic E-state index is 0. The average molecular weight is 450 g/mol. The van der Waals surface area contributed by atoms with Crippen molar-refractivity contribution in [3.05, 3.63) is 35.6 Å². The maximum Gasteiger partial charge on any atom is 0.221 e. The van der Waals surface area contributed by atoms with Gasteiger partial charge in [-0.15, -0.1) is 24.0 Å². The van der Waals surface area contributed by atoms with E-state index in [2.05, 4.69) is 20.9 Å². The van der Waals surface area contributed by atoms with Crippen molar-refractivity contribution in [3.63, 3.8) is 0 Å². The van der Waals surface area contributed by atoms with Crippen molar-refractivity contribution in [3.8, 4) is 0 Å². The van der Waals surface area contributed by atoms with Crippen LogP contribution >= 0.6 is 24.0 Å². The first-order valence-corrected chi connectivity index (χ1v) is 8.03. The van der Waals surface area contributed by atoms with Crippen LogP contribution in [0.15, 0.2) is 29.3 Å². The fraction of sp³-hybridized carbons (Fsp3) is 0.529. The fourth-order valence-electron chi connectivity index (χ4n) is 1.94. The third-order valence-electron chi connectivity index (χ3n) is 3.51. The van der Waals surface area contributed by atoms with Crippen molar-refractivity contribution in [2.75, 3.05) is 20.1 Å². The van der Waals surface area contributed by atoms with Crippen molar-refractivity contribution in [1.82, 2.24) is 16.0 Å². The summed E-state index contributed by atoms with van der Waals surface area (Å²) in [4.78, 5) is 15.8. The van der Waals surface area contributed by atoms with Crippen LogP contribution in [0.2, 0.25) is 0 Å². The van der Waals surface area contributed by atoms with Gasteiger partial charge in [-0.2, -0.15) is 0 Å². The van der Waals surface area contributed by atoms with Crippen LogP contribution in [0.1, 0.15) is 32.3 Å². The van der Waals surface area contributed by atoms with Crippen molar-refractivity contribution in [1.29, 1.82) is 0 Å².